The number of sulfonamides is 1. The third-order valence-corrected chi connectivity index (χ3v) is 7.29. The molecule has 8 heteroatoms. The van der Waals surface area contributed by atoms with E-state index in [-0.39, 0.29) is 0 Å². The third-order valence-electron chi connectivity index (χ3n) is 6.73. The molecule has 0 spiro atoms. The zero-order valence-electron chi connectivity index (χ0n) is 18.8. The van der Waals surface area contributed by atoms with Crippen molar-refractivity contribution >= 4 is 15.7 Å². The van der Waals surface area contributed by atoms with Gasteiger partial charge in [-0.05, 0) is 73.9 Å². The fourth-order valence-corrected chi connectivity index (χ4v) is 5.81. The number of rotatable bonds is 7. The predicted octanol–water partition coefficient (Wildman–Crippen LogP) is 2.84. The molecule has 3 aliphatic rings. The summed E-state index contributed by atoms with van der Waals surface area (Å²) in [6.45, 7) is 2.97. The van der Waals surface area contributed by atoms with Crippen LogP contribution in [0.3, 0.4) is 0 Å². The average Bonchev–Trinajstić information content (AvgIpc) is 3.38. The first-order valence-corrected chi connectivity index (χ1v) is 13.2. The Balaban J connectivity index is 1.23. The molecule has 7 nitrogen and oxygen atoms in total. The number of anilines is 1. The number of nitrogens with one attached hydrogen (secondary N) is 1. The lowest BCUT2D eigenvalue weighted by molar-refractivity contribution is 0.173. The maximum absolute atomic E-state index is 11.7. The van der Waals surface area contributed by atoms with E-state index in [0.29, 0.717) is 19.3 Å². The summed E-state index contributed by atoms with van der Waals surface area (Å²) < 4.78 is 34.6. The van der Waals surface area contributed by atoms with Gasteiger partial charge in [-0.1, -0.05) is 18.2 Å². The maximum Gasteiger partial charge on any atom is 0.231 e. The number of fused-ring (bicyclic) bond motifs is 4. The van der Waals surface area contributed by atoms with Gasteiger partial charge in [-0.3, -0.25) is 5.01 Å². The first-order valence-electron chi connectivity index (χ1n) is 11.3. The number of nitrogens with zero attached hydrogens (tertiary/aromatic N) is 2. The Morgan fingerprint density at radius 2 is 2.06 bits per heavy atom. The molecule has 2 heterocycles. The molecule has 0 radical (unpaired) electrons. The molecule has 2 aromatic rings. The van der Waals surface area contributed by atoms with Crippen LogP contribution in [-0.4, -0.2) is 53.0 Å². The summed E-state index contributed by atoms with van der Waals surface area (Å²) in [4.78, 5) is 5.03. The van der Waals surface area contributed by atoms with Crippen molar-refractivity contribution in [2.45, 2.75) is 38.0 Å². The highest BCUT2D eigenvalue weighted by molar-refractivity contribution is 7.88. The standard InChI is InChI=1S/C24H31N3O4S/c1-26(15-19-4-3-5-21-20(19)8-9-23-24(21)31-16-30-23)12-10-17-6-7-18-11-13-27(22(18)14-17)25-32(2,28)29/h6-9,14,19,25H,3-5,10-13,15-16H2,1-2H3/t19-/m0/s1. The highest BCUT2D eigenvalue weighted by atomic mass is 32.2. The first kappa shape index (κ1) is 21.6. The summed E-state index contributed by atoms with van der Waals surface area (Å²) in [6.07, 6.45) is 6.42. The lowest BCUT2D eigenvalue weighted by Gasteiger charge is -2.30. The topological polar surface area (TPSA) is 71.1 Å². The number of ether oxygens (including phenoxy) is 2. The first-order chi connectivity index (χ1) is 15.4. The molecule has 1 atom stereocenters. The smallest absolute Gasteiger partial charge is 0.231 e. The molecule has 32 heavy (non-hydrogen) atoms. The molecular formula is C24H31N3O4S. The molecule has 0 amide bonds. The number of benzene rings is 2. The Bertz CT molecular complexity index is 1120. The monoisotopic (exact) mass is 457 g/mol. The van der Waals surface area contributed by atoms with Crippen molar-refractivity contribution in [2.24, 2.45) is 0 Å². The Morgan fingerprint density at radius 3 is 2.91 bits per heavy atom. The number of hydrazine groups is 1. The van der Waals surface area contributed by atoms with Crippen LogP contribution in [-0.2, 0) is 29.3 Å². The lowest BCUT2D eigenvalue weighted by atomic mass is 9.82. The van der Waals surface area contributed by atoms with Gasteiger partial charge < -0.3 is 14.4 Å². The maximum atomic E-state index is 11.7. The van der Waals surface area contributed by atoms with Crippen LogP contribution in [0.5, 0.6) is 11.5 Å². The van der Waals surface area contributed by atoms with Gasteiger partial charge in [-0.25, -0.2) is 8.42 Å². The van der Waals surface area contributed by atoms with Crippen molar-refractivity contribution in [1.82, 2.24) is 9.73 Å². The third kappa shape index (κ3) is 4.44. The van der Waals surface area contributed by atoms with E-state index in [1.54, 1.807) is 5.01 Å². The molecule has 2 aliphatic heterocycles. The van der Waals surface area contributed by atoms with Crippen LogP contribution >= 0.6 is 0 Å². The van der Waals surface area contributed by atoms with Gasteiger partial charge in [0, 0.05) is 25.2 Å². The molecule has 0 unspecified atom stereocenters. The summed E-state index contributed by atoms with van der Waals surface area (Å²) in [5.74, 6) is 2.35. The second kappa shape index (κ2) is 8.57. The second-order valence-electron chi connectivity index (χ2n) is 9.20. The average molecular weight is 458 g/mol. The van der Waals surface area contributed by atoms with Gasteiger partial charge >= 0.3 is 0 Å². The molecule has 0 aromatic heterocycles. The predicted molar refractivity (Wildman–Crippen MR) is 125 cm³/mol. The van der Waals surface area contributed by atoms with E-state index in [0.717, 1.165) is 49.5 Å². The zero-order chi connectivity index (χ0) is 22.3. The minimum atomic E-state index is -3.28. The zero-order valence-corrected chi connectivity index (χ0v) is 19.6. The summed E-state index contributed by atoms with van der Waals surface area (Å²) >= 11 is 0. The van der Waals surface area contributed by atoms with Gasteiger partial charge in [0.15, 0.2) is 11.5 Å². The molecule has 5 rings (SSSR count). The molecule has 0 fully saturated rings. The molecule has 172 valence electrons. The molecule has 1 N–H and O–H groups in total. The van der Waals surface area contributed by atoms with Crippen LogP contribution < -0.4 is 19.3 Å². The van der Waals surface area contributed by atoms with Crippen LogP contribution in [0.1, 0.15) is 41.0 Å². The Labute approximate surface area is 190 Å². The minimum Gasteiger partial charge on any atom is -0.454 e. The van der Waals surface area contributed by atoms with E-state index >= 15 is 0 Å². The van der Waals surface area contributed by atoms with Crippen LogP contribution in [0.2, 0.25) is 0 Å². The SMILES string of the molecule is CN(CCc1ccc2c(c1)N(NS(C)(=O)=O)CC2)C[C@@H]1CCCc2c1ccc1c2OCO1. The van der Waals surface area contributed by atoms with Gasteiger partial charge in [0.25, 0.3) is 0 Å². The summed E-state index contributed by atoms with van der Waals surface area (Å²) in [7, 11) is -1.10. The van der Waals surface area contributed by atoms with Gasteiger partial charge in [0.2, 0.25) is 16.8 Å². The Morgan fingerprint density at radius 1 is 1.19 bits per heavy atom. The molecule has 0 bridgehead atoms. The fourth-order valence-electron chi connectivity index (χ4n) is 5.22. The quantitative estimate of drug-likeness (QED) is 0.690. The lowest BCUT2D eigenvalue weighted by Crippen LogP contribution is -2.40. The second-order valence-corrected chi connectivity index (χ2v) is 10.9. The van der Waals surface area contributed by atoms with Crippen LogP contribution in [0, 0.1) is 0 Å². The highest BCUT2D eigenvalue weighted by Gasteiger charge is 2.28. The van der Waals surface area contributed by atoms with Gasteiger partial charge in [0.1, 0.15) is 0 Å². The number of hydrogen-bond donors (Lipinski definition) is 1. The van der Waals surface area contributed by atoms with E-state index in [2.05, 4.69) is 47.1 Å². The molecule has 2 aromatic carbocycles. The molecule has 0 saturated carbocycles. The Hall–Kier alpha value is -2.29. The summed E-state index contributed by atoms with van der Waals surface area (Å²) in [5.41, 5.74) is 6.14. The highest BCUT2D eigenvalue weighted by Crippen LogP contribution is 2.44. The molecular weight excluding hydrogens is 426 g/mol. The number of hydrogen-bond acceptors (Lipinski definition) is 6. The van der Waals surface area contributed by atoms with E-state index in [1.807, 2.05) is 0 Å². The summed E-state index contributed by atoms with van der Waals surface area (Å²) in [6, 6.07) is 10.7. The van der Waals surface area contributed by atoms with Crippen molar-refractivity contribution in [3.8, 4) is 11.5 Å². The van der Waals surface area contributed by atoms with Crippen molar-refractivity contribution < 1.29 is 17.9 Å². The largest absolute Gasteiger partial charge is 0.454 e. The van der Waals surface area contributed by atoms with E-state index < -0.39 is 10.0 Å². The van der Waals surface area contributed by atoms with Crippen molar-refractivity contribution in [1.29, 1.82) is 0 Å². The van der Waals surface area contributed by atoms with E-state index in [9.17, 15) is 8.42 Å². The normalized spacial score (nSPS) is 19.3. The van der Waals surface area contributed by atoms with Crippen molar-refractivity contribution in [3.63, 3.8) is 0 Å². The van der Waals surface area contributed by atoms with Crippen molar-refractivity contribution in [3.05, 3.63) is 52.6 Å². The summed E-state index contributed by atoms with van der Waals surface area (Å²) in [5, 5.41) is 1.75. The van der Waals surface area contributed by atoms with Crippen molar-refractivity contribution in [2.75, 3.05) is 44.7 Å². The number of likely N-dealkylation sites (N-methyl/N-ethyl adjacent to an activating group) is 1. The van der Waals surface area contributed by atoms with Gasteiger partial charge in [0.05, 0.1) is 11.9 Å². The molecule has 0 saturated heterocycles. The minimum absolute atomic E-state index is 0.328. The van der Waals surface area contributed by atoms with Crippen LogP contribution in [0.15, 0.2) is 30.3 Å². The van der Waals surface area contributed by atoms with E-state index in [1.165, 1.54) is 41.4 Å². The molecule has 1 aliphatic carbocycles. The Kier molecular flexibility index (Phi) is 5.77. The van der Waals surface area contributed by atoms with Crippen LogP contribution in [0.25, 0.3) is 0 Å². The van der Waals surface area contributed by atoms with Gasteiger partial charge in [-0.15, -0.1) is 4.83 Å². The van der Waals surface area contributed by atoms with E-state index in [4.69, 9.17) is 9.47 Å². The van der Waals surface area contributed by atoms with Gasteiger partial charge in [-0.2, -0.15) is 0 Å². The fraction of sp³-hybridized carbons (Fsp3) is 0.500. The van der Waals surface area contributed by atoms with Crippen LogP contribution in [0.4, 0.5) is 5.69 Å².